The van der Waals surface area contributed by atoms with E-state index >= 15 is 0 Å². The maximum atomic E-state index is 10.3. The minimum Gasteiger partial charge on any atom is -0.357 e. The van der Waals surface area contributed by atoms with Crippen molar-refractivity contribution in [1.82, 2.24) is 15.5 Å². The number of nitrogens with one attached hydrogen (secondary N) is 2. The molecule has 1 rings (SSSR count). The Labute approximate surface area is 92.4 Å². The molecule has 1 amide bonds. The van der Waals surface area contributed by atoms with Gasteiger partial charge < -0.3 is 15.5 Å². The molecule has 1 heterocycles. The summed E-state index contributed by atoms with van der Waals surface area (Å²) in [4.78, 5) is 12.8. The van der Waals surface area contributed by atoms with Gasteiger partial charge >= 0.3 is 0 Å². The zero-order valence-corrected chi connectivity index (χ0v) is 10.0. The van der Waals surface area contributed by atoms with Crippen molar-refractivity contribution in [2.24, 2.45) is 0 Å². The second-order valence-corrected chi connectivity index (χ2v) is 4.66. The molecule has 0 unspecified atom stereocenters. The Balaban J connectivity index is 2.46. The number of carbonyl (C=O) groups is 1. The van der Waals surface area contributed by atoms with Gasteiger partial charge in [-0.15, -0.1) is 0 Å². The second-order valence-electron chi connectivity index (χ2n) is 4.66. The number of piperidine rings is 1. The van der Waals surface area contributed by atoms with Crippen LogP contribution in [0.1, 0.15) is 26.7 Å². The van der Waals surface area contributed by atoms with Gasteiger partial charge in [-0.1, -0.05) is 0 Å². The van der Waals surface area contributed by atoms with Gasteiger partial charge in [-0.3, -0.25) is 4.79 Å². The van der Waals surface area contributed by atoms with Crippen LogP contribution in [0.15, 0.2) is 0 Å². The van der Waals surface area contributed by atoms with Crippen molar-refractivity contribution >= 4 is 6.41 Å². The highest BCUT2D eigenvalue weighted by atomic mass is 16.1. The Hall–Kier alpha value is -0.610. The fourth-order valence-corrected chi connectivity index (χ4v) is 2.22. The first-order valence-corrected chi connectivity index (χ1v) is 5.73. The van der Waals surface area contributed by atoms with E-state index in [1.54, 1.807) is 0 Å². The maximum Gasteiger partial charge on any atom is 0.207 e. The number of rotatable bonds is 5. The standard InChI is InChI=1S/C11H23N3O/c1-10(2)14-6-4-11(12-3,5-7-14)8-13-9-15/h9-10,12H,4-8H2,1-3H3,(H,13,15). The Kier molecular flexibility index (Phi) is 4.54. The van der Waals surface area contributed by atoms with E-state index in [4.69, 9.17) is 0 Å². The van der Waals surface area contributed by atoms with Crippen LogP contribution in [0.5, 0.6) is 0 Å². The van der Waals surface area contributed by atoms with E-state index in [0.717, 1.165) is 38.9 Å². The molecule has 1 aliphatic rings. The molecule has 0 saturated carbocycles. The lowest BCUT2D eigenvalue weighted by molar-refractivity contribution is -0.109. The van der Waals surface area contributed by atoms with Gasteiger partial charge in [0.15, 0.2) is 0 Å². The van der Waals surface area contributed by atoms with Crippen LogP contribution < -0.4 is 10.6 Å². The number of amides is 1. The molecular formula is C11H23N3O. The molecule has 4 nitrogen and oxygen atoms in total. The predicted molar refractivity (Wildman–Crippen MR) is 61.8 cm³/mol. The van der Waals surface area contributed by atoms with Crippen molar-refractivity contribution in [3.8, 4) is 0 Å². The van der Waals surface area contributed by atoms with Crippen molar-refractivity contribution in [2.75, 3.05) is 26.7 Å². The first-order chi connectivity index (χ1) is 7.13. The first kappa shape index (κ1) is 12.5. The largest absolute Gasteiger partial charge is 0.357 e. The predicted octanol–water partition coefficient (Wildman–Crippen LogP) is 0.195. The highest BCUT2D eigenvalue weighted by molar-refractivity contribution is 5.46. The zero-order valence-electron chi connectivity index (χ0n) is 10.0. The molecule has 0 radical (unpaired) electrons. The van der Waals surface area contributed by atoms with Gasteiger partial charge in [-0.05, 0) is 33.7 Å². The topological polar surface area (TPSA) is 44.4 Å². The minimum atomic E-state index is 0.103. The third-order valence-electron chi connectivity index (χ3n) is 3.54. The SMILES string of the molecule is CNC1(CNC=O)CCN(C(C)C)CC1. The van der Waals surface area contributed by atoms with Crippen molar-refractivity contribution < 1.29 is 4.79 Å². The summed E-state index contributed by atoms with van der Waals surface area (Å²) in [5.41, 5.74) is 0.103. The molecule has 2 N–H and O–H groups in total. The van der Waals surface area contributed by atoms with Gasteiger partial charge in [0.2, 0.25) is 6.41 Å². The molecule has 0 aromatic rings. The van der Waals surface area contributed by atoms with Crippen LogP contribution in [0.4, 0.5) is 0 Å². The van der Waals surface area contributed by atoms with Crippen LogP contribution in [0.3, 0.4) is 0 Å². The molecule has 1 aliphatic heterocycles. The number of likely N-dealkylation sites (N-methyl/N-ethyl adjacent to an activating group) is 1. The van der Waals surface area contributed by atoms with Crippen LogP contribution in [0.25, 0.3) is 0 Å². The first-order valence-electron chi connectivity index (χ1n) is 5.73. The molecule has 4 heteroatoms. The van der Waals surface area contributed by atoms with Gasteiger partial charge in [0.05, 0.1) is 0 Å². The van der Waals surface area contributed by atoms with Crippen LogP contribution in [-0.4, -0.2) is 49.6 Å². The van der Waals surface area contributed by atoms with E-state index in [-0.39, 0.29) is 5.54 Å². The minimum absolute atomic E-state index is 0.103. The normalized spacial score (nSPS) is 21.6. The molecule has 0 bridgehead atoms. The summed E-state index contributed by atoms with van der Waals surface area (Å²) in [6.07, 6.45) is 2.99. The molecular weight excluding hydrogens is 190 g/mol. The van der Waals surface area contributed by atoms with Crippen LogP contribution in [-0.2, 0) is 4.79 Å². The molecule has 0 aromatic carbocycles. The molecule has 1 saturated heterocycles. The molecule has 0 atom stereocenters. The van der Waals surface area contributed by atoms with Crippen molar-refractivity contribution in [2.45, 2.75) is 38.3 Å². The van der Waals surface area contributed by atoms with Crippen LogP contribution >= 0.6 is 0 Å². The molecule has 0 aliphatic carbocycles. The average molecular weight is 213 g/mol. The Bertz CT molecular complexity index is 198. The van der Waals surface area contributed by atoms with Crippen molar-refractivity contribution in [3.05, 3.63) is 0 Å². The summed E-state index contributed by atoms with van der Waals surface area (Å²) < 4.78 is 0. The van der Waals surface area contributed by atoms with E-state index in [9.17, 15) is 4.79 Å². The van der Waals surface area contributed by atoms with Crippen molar-refractivity contribution in [1.29, 1.82) is 0 Å². The second kappa shape index (κ2) is 5.47. The Morgan fingerprint density at radius 3 is 2.40 bits per heavy atom. The lowest BCUT2D eigenvalue weighted by Crippen LogP contribution is -2.58. The lowest BCUT2D eigenvalue weighted by Gasteiger charge is -2.43. The van der Waals surface area contributed by atoms with E-state index in [1.807, 2.05) is 7.05 Å². The Morgan fingerprint density at radius 1 is 1.40 bits per heavy atom. The quantitative estimate of drug-likeness (QED) is 0.641. The summed E-state index contributed by atoms with van der Waals surface area (Å²) in [6.45, 7) is 7.42. The molecule has 88 valence electrons. The fraction of sp³-hybridized carbons (Fsp3) is 0.909. The van der Waals surface area contributed by atoms with Gasteiger partial charge in [0.25, 0.3) is 0 Å². The third-order valence-corrected chi connectivity index (χ3v) is 3.54. The van der Waals surface area contributed by atoms with E-state index < -0.39 is 0 Å². The average Bonchev–Trinajstić information content (AvgIpc) is 2.27. The molecule has 0 aromatic heterocycles. The highest BCUT2D eigenvalue weighted by Crippen LogP contribution is 2.22. The third kappa shape index (κ3) is 3.18. The smallest absolute Gasteiger partial charge is 0.207 e. The summed E-state index contributed by atoms with van der Waals surface area (Å²) in [6, 6.07) is 0.624. The summed E-state index contributed by atoms with van der Waals surface area (Å²) >= 11 is 0. The van der Waals surface area contributed by atoms with E-state index in [0.29, 0.717) is 6.04 Å². The monoisotopic (exact) mass is 213 g/mol. The Morgan fingerprint density at radius 2 is 2.00 bits per heavy atom. The van der Waals surface area contributed by atoms with Gasteiger partial charge in [0.1, 0.15) is 0 Å². The van der Waals surface area contributed by atoms with Gasteiger partial charge in [-0.25, -0.2) is 0 Å². The lowest BCUT2D eigenvalue weighted by atomic mass is 9.87. The van der Waals surface area contributed by atoms with Gasteiger partial charge in [-0.2, -0.15) is 0 Å². The van der Waals surface area contributed by atoms with Crippen LogP contribution in [0, 0.1) is 0 Å². The van der Waals surface area contributed by atoms with Gasteiger partial charge in [0, 0.05) is 31.2 Å². The van der Waals surface area contributed by atoms with E-state index in [1.165, 1.54) is 0 Å². The fourth-order valence-electron chi connectivity index (χ4n) is 2.22. The molecule has 1 fully saturated rings. The molecule has 0 spiro atoms. The van der Waals surface area contributed by atoms with Crippen LogP contribution in [0.2, 0.25) is 0 Å². The van der Waals surface area contributed by atoms with Crippen molar-refractivity contribution in [3.63, 3.8) is 0 Å². The number of hydrogen-bond acceptors (Lipinski definition) is 3. The number of nitrogens with zero attached hydrogens (tertiary/aromatic N) is 1. The summed E-state index contributed by atoms with van der Waals surface area (Å²) in [5, 5.41) is 6.16. The molecule has 15 heavy (non-hydrogen) atoms. The highest BCUT2D eigenvalue weighted by Gasteiger charge is 2.33. The zero-order chi connectivity index (χ0) is 11.3. The number of carbonyl (C=O) groups excluding carboxylic acids is 1. The van der Waals surface area contributed by atoms with E-state index in [2.05, 4.69) is 29.4 Å². The number of hydrogen-bond donors (Lipinski definition) is 2. The number of likely N-dealkylation sites (tertiary alicyclic amines) is 1. The maximum absolute atomic E-state index is 10.3. The summed E-state index contributed by atoms with van der Waals surface area (Å²) in [7, 11) is 1.98. The summed E-state index contributed by atoms with van der Waals surface area (Å²) in [5.74, 6) is 0.